The summed E-state index contributed by atoms with van der Waals surface area (Å²) in [6.45, 7) is 1.49. The number of benzene rings is 1. The molecule has 160 valence electrons. The lowest BCUT2D eigenvalue weighted by atomic mass is 9.95. The van der Waals surface area contributed by atoms with Gasteiger partial charge in [0.25, 0.3) is 0 Å². The number of nitrogens with zero attached hydrogens (tertiary/aromatic N) is 4. The monoisotopic (exact) mass is 483 g/mol. The van der Waals surface area contributed by atoms with Crippen LogP contribution in [0.15, 0.2) is 58.1 Å². The number of likely N-dealkylation sites (tertiary alicyclic amines) is 1. The van der Waals surface area contributed by atoms with E-state index in [0.29, 0.717) is 50.1 Å². The van der Waals surface area contributed by atoms with E-state index in [9.17, 15) is 14.4 Å². The average molecular weight is 484 g/mol. The highest BCUT2D eigenvalue weighted by molar-refractivity contribution is 9.10. The SMILES string of the molecule is O=C(Nc1ccc(Br)cn1)C1CCN(C(=O)CCn2ncc(=O)c3ccccc32)CC1. The lowest BCUT2D eigenvalue weighted by molar-refractivity contribution is -0.134. The van der Waals surface area contributed by atoms with Crippen LogP contribution in [0, 0.1) is 5.92 Å². The molecule has 0 unspecified atom stereocenters. The number of piperidine rings is 1. The number of aryl methyl sites for hydroxylation is 1. The Bertz CT molecular complexity index is 1150. The van der Waals surface area contributed by atoms with Crippen LogP contribution >= 0.6 is 15.9 Å². The molecule has 1 aliphatic rings. The maximum atomic E-state index is 12.7. The molecule has 1 aliphatic heterocycles. The number of rotatable bonds is 5. The van der Waals surface area contributed by atoms with Crippen molar-refractivity contribution < 1.29 is 9.59 Å². The predicted molar refractivity (Wildman–Crippen MR) is 120 cm³/mol. The molecule has 1 aromatic carbocycles. The lowest BCUT2D eigenvalue weighted by Crippen LogP contribution is -2.41. The summed E-state index contributed by atoms with van der Waals surface area (Å²) in [5.41, 5.74) is 0.594. The average Bonchev–Trinajstić information content (AvgIpc) is 2.80. The van der Waals surface area contributed by atoms with Crippen molar-refractivity contribution in [1.29, 1.82) is 0 Å². The maximum Gasteiger partial charge on any atom is 0.228 e. The fraction of sp³-hybridized carbons (Fsp3) is 0.318. The third-order valence-electron chi connectivity index (χ3n) is 5.50. The molecule has 0 radical (unpaired) electrons. The Labute approximate surface area is 187 Å². The highest BCUT2D eigenvalue weighted by atomic mass is 79.9. The number of carbonyl (C=O) groups is 2. The van der Waals surface area contributed by atoms with Crippen molar-refractivity contribution in [2.45, 2.75) is 25.8 Å². The Kier molecular flexibility index (Phi) is 6.41. The minimum absolute atomic E-state index is 0.0259. The van der Waals surface area contributed by atoms with Crippen LogP contribution in [0.5, 0.6) is 0 Å². The molecule has 1 saturated heterocycles. The van der Waals surface area contributed by atoms with Gasteiger partial charge in [-0.3, -0.25) is 19.1 Å². The van der Waals surface area contributed by atoms with E-state index in [1.165, 1.54) is 6.20 Å². The molecule has 0 spiro atoms. The first-order chi connectivity index (χ1) is 15.0. The van der Waals surface area contributed by atoms with Gasteiger partial charge in [0.1, 0.15) is 5.82 Å². The first-order valence-electron chi connectivity index (χ1n) is 10.2. The normalized spacial score (nSPS) is 14.5. The first-order valence-corrected chi connectivity index (χ1v) is 11.0. The van der Waals surface area contributed by atoms with Crippen molar-refractivity contribution in [2.24, 2.45) is 5.92 Å². The second-order valence-corrected chi connectivity index (χ2v) is 8.42. The van der Waals surface area contributed by atoms with Crippen molar-refractivity contribution in [2.75, 3.05) is 18.4 Å². The smallest absolute Gasteiger partial charge is 0.228 e. The Morgan fingerprint density at radius 1 is 1.10 bits per heavy atom. The number of hydrogen-bond acceptors (Lipinski definition) is 5. The van der Waals surface area contributed by atoms with Crippen LogP contribution in [0.25, 0.3) is 10.9 Å². The summed E-state index contributed by atoms with van der Waals surface area (Å²) >= 11 is 3.32. The number of pyridine rings is 1. The molecule has 0 bridgehead atoms. The van der Waals surface area contributed by atoms with E-state index in [1.807, 2.05) is 24.3 Å². The third kappa shape index (κ3) is 4.99. The molecule has 4 rings (SSSR count). The summed E-state index contributed by atoms with van der Waals surface area (Å²) in [4.78, 5) is 43.1. The van der Waals surface area contributed by atoms with Crippen LogP contribution in [0.1, 0.15) is 19.3 Å². The number of para-hydroxylation sites is 1. The topological polar surface area (TPSA) is 97.2 Å². The van der Waals surface area contributed by atoms with Gasteiger partial charge in [0.15, 0.2) is 0 Å². The molecule has 3 aromatic rings. The fourth-order valence-electron chi connectivity index (χ4n) is 3.77. The zero-order valence-electron chi connectivity index (χ0n) is 16.8. The molecule has 0 atom stereocenters. The van der Waals surface area contributed by atoms with Gasteiger partial charge in [0, 0.05) is 41.5 Å². The van der Waals surface area contributed by atoms with Gasteiger partial charge < -0.3 is 10.2 Å². The van der Waals surface area contributed by atoms with E-state index in [0.717, 1.165) is 9.99 Å². The van der Waals surface area contributed by atoms with Gasteiger partial charge in [-0.15, -0.1) is 0 Å². The zero-order chi connectivity index (χ0) is 21.8. The second-order valence-electron chi connectivity index (χ2n) is 7.51. The van der Waals surface area contributed by atoms with Crippen molar-refractivity contribution in [1.82, 2.24) is 19.7 Å². The maximum absolute atomic E-state index is 12.7. The summed E-state index contributed by atoms with van der Waals surface area (Å²) in [6.07, 6.45) is 4.45. The van der Waals surface area contributed by atoms with Crippen molar-refractivity contribution in [3.63, 3.8) is 0 Å². The van der Waals surface area contributed by atoms with Crippen molar-refractivity contribution in [3.8, 4) is 0 Å². The first kappa shape index (κ1) is 21.2. The molecule has 8 nitrogen and oxygen atoms in total. The molecule has 31 heavy (non-hydrogen) atoms. The predicted octanol–water partition coefficient (Wildman–Crippen LogP) is 2.82. The van der Waals surface area contributed by atoms with Crippen LogP contribution in [0.3, 0.4) is 0 Å². The van der Waals surface area contributed by atoms with Gasteiger partial charge in [-0.2, -0.15) is 5.10 Å². The summed E-state index contributed by atoms with van der Waals surface area (Å²) in [5, 5.41) is 7.61. The number of nitrogens with one attached hydrogen (secondary N) is 1. The highest BCUT2D eigenvalue weighted by Crippen LogP contribution is 2.20. The van der Waals surface area contributed by atoms with Gasteiger partial charge in [-0.1, -0.05) is 12.1 Å². The standard InChI is InChI=1S/C22H22BrN5O3/c23-16-5-6-20(24-13-16)26-22(31)15-7-10-27(11-8-15)21(30)9-12-28-18-4-2-1-3-17(18)19(29)14-25-28/h1-6,13-15H,7-12H2,(H,24,26,31). The van der Waals surface area contributed by atoms with E-state index in [4.69, 9.17) is 0 Å². The summed E-state index contributed by atoms with van der Waals surface area (Å²) in [5.74, 6) is 0.343. The van der Waals surface area contributed by atoms with Gasteiger partial charge in [0.2, 0.25) is 17.2 Å². The molecule has 0 saturated carbocycles. The quantitative estimate of drug-likeness (QED) is 0.601. The highest BCUT2D eigenvalue weighted by Gasteiger charge is 2.27. The molecule has 1 fully saturated rings. The van der Waals surface area contributed by atoms with Gasteiger partial charge in [0.05, 0.1) is 18.3 Å². The lowest BCUT2D eigenvalue weighted by Gasteiger charge is -2.31. The summed E-state index contributed by atoms with van der Waals surface area (Å²) in [7, 11) is 0. The Morgan fingerprint density at radius 3 is 2.61 bits per heavy atom. The molecular formula is C22H22BrN5O3. The van der Waals surface area contributed by atoms with Crippen molar-refractivity contribution >= 4 is 44.5 Å². The molecular weight excluding hydrogens is 462 g/mol. The third-order valence-corrected chi connectivity index (χ3v) is 5.97. The Morgan fingerprint density at radius 2 is 1.87 bits per heavy atom. The van der Waals surface area contributed by atoms with Crippen LogP contribution in [-0.2, 0) is 16.1 Å². The van der Waals surface area contributed by atoms with E-state index in [1.54, 1.807) is 27.9 Å². The largest absolute Gasteiger partial charge is 0.343 e. The van der Waals surface area contributed by atoms with Crippen LogP contribution in [0.2, 0.25) is 0 Å². The minimum atomic E-state index is -0.140. The van der Waals surface area contributed by atoms with Crippen LogP contribution < -0.4 is 10.7 Å². The Balaban J connectivity index is 1.30. The number of carbonyl (C=O) groups excluding carboxylic acids is 2. The summed E-state index contributed by atoms with van der Waals surface area (Å²) < 4.78 is 2.54. The van der Waals surface area contributed by atoms with Crippen molar-refractivity contribution in [3.05, 3.63) is 63.5 Å². The number of fused-ring (bicyclic) bond motifs is 1. The van der Waals surface area contributed by atoms with Crippen LogP contribution in [-0.4, -0.2) is 44.6 Å². The van der Waals surface area contributed by atoms with Gasteiger partial charge >= 0.3 is 0 Å². The zero-order valence-corrected chi connectivity index (χ0v) is 18.4. The summed E-state index contributed by atoms with van der Waals surface area (Å²) in [6, 6.07) is 10.8. The number of aromatic nitrogens is 3. The van der Waals surface area contributed by atoms with Gasteiger partial charge in [-0.25, -0.2) is 4.98 Å². The Hall–Kier alpha value is -3.07. The number of anilines is 1. The molecule has 9 heteroatoms. The van der Waals surface area contributed by atoms with E-state index < -0.39 is 0 Å². The molecule has 3 heterocycles. The van der Waals surface area contributed by atoms with E-state index >= 15 is 0 Å². The minimum Gasteiger partial charge on any atom is -0.343 e. The second kappa shape index (κ2) is 9.38. The molecule has 2 aromatic heterocycles. The number of hydrogen-bond donors (Lipinski definition) is 1. The van der Waals surface area contributed by atoms with E-state index in [2.05, 4.69) is 31.3 Å². The molecule has 1 N–H and O–H groups in total. The van der Waals surface area contributed by atoms with Gasteiger partial charge in [-0.05, 0) is 53.0 Å². The molecule has 2 amide bonds. The van der Waals surface area contributed by atoms with E-state index in [-0.39, 0.29) is 23.2 Å². The number of amides is 2. The van der Waals surface area contributed by atoms with Crippen LogP contribution in [0.4, 0.5) is 5.82 Å². The number of halogens is 1. The fourth-order valence-corrected chi connectivity index (χ4v) is 4.00. The molecule has 0 aliphatic carbocycles.